The number of nitriles is 1. The Hall–Kier alpha value is -1.54. The van der Waals surface area contributed by atoms with Gasteiger partial charge >= 0.3 is 0 Å². The zero-order valence-electron chi connectivity index (χ0n) is 9.82. The topological polar surface area (TPSA) is 62.9 Å². The molecule has 1 N–H and O–H groups in total. The van der Waals surface area contributed by atoms with Gasteiger partial charge in [-0.25, -0.2) is 4.68 Å². The highest BCUT2D eigenvalue weighted by Gasteiger charge is 2.29. The lowest BCUT2D eigenvalue weighted by Gasteiger charge is -2.12. The number of rotatable bonds is 4. The molecule has 0 aromatic carbocycles. The van der Waals surface area contributed by atoms with Crippen molar-refractivity contribution in [1.29, 1.82) is 5.26 Å². The Morgan fingerprint density at radius 3 is 2.81 bits per heavy atom. The number of hydrogen-bond donors (Lipinski definition) is 1. The molecule has 0 radical (unpaired) electrons. The predicted octanol–water partition coefficient (Wildman–Crippen LogP) is 1.05. The standard InChI is InChI=1S/C11H16N4O/c1-7-10(11(16-3)15(2)14-7)9(6-12)13-8-4-5-8/h8-9,13H,4-5H2,1-3H3. The Labute approximate surface area is 95.0 Å². The van der Waals surface area contributed by atoms with Crippen LogP contribution in [0.1, 0.15) is 30.1 Å². The van der Waals surface area contributed by atoms with Crippen LogP contribution in [-0.4, -0.2) is 22.9 Å². The predicted molar refractivity (Wildman–Crippen MR) is 59.0 cm³/mol. The quantitative estimate of drug-likeness (QED) is 0.824. The van der Waals surface area contributed by atoms with Gasteiger partial charge < -0.3 is 4.74 Å². The van der Waals surface area contributed by atoms with Gasteiger partial charge in [0, 0.05) is 13.1 Å². The van der Waals surface area contributed by atoms with E-state index in [1.165, 1.54) is 0 Å². The third-order valence-corrected chi connectivity index (χ3v) is 2.80. The molecule has 5 nitrogen and oxygen atoms in total. The van der Waals surface area contributed by atoms with E-state index in [1.54, 1.807) is 11.8 Å². The Morgan fingerprint density at radius 2 is 2.31 bits per heavy atom. The van der Waals surface area contributed by atoms with Crippen molar-refractivity contribution in [3.8, 4) is 11.9 Å². The number of nitrogens with one attached hydrogen (secondary N) is 1. The van der Waals surface area contributed by atoms with Gasteiger partial charge in [0.2, 0.25) is 5.88 Å². The van der Waals surface area contributed by atoms with Crippen molar-refractivity contribution < 1.29 is 4.74 Å². The van der Waals surface area contributed by atoms with E-state index in [-0.39, 0.29) is 6.04 Å². The fourth-order valence-corrected chi connectivity index (χ4v) is 1.90. The lowest BCUT2D eigenvalue weighted by atomic mass is 10.1. The van der Waals surface area contributed by atoms with Crippen LogP contribution < -0.4 is 10.1 Å². The van der Waals surface area contributed by atoms with Gasteiger partial charge in [0.05, 0.1) is 24.4 Å². The van der Waals surface area contributed by atoms with Crippen LogP contribution in [-0.2, 0) is 7.05 Å². The third-order valence-electron chi connectivity index (χ3n) is 2.80. The summed E-state index contributed by atoms with van der Waals surface area (Å²) < 4.78 is 6.96. The van der Waals surface area contributed by atoms with Crippen LogP contribution in [0.4, 0.5) is 0 Å². The fourth-order valence-electron chi connectivity index (χ4n) is 1.90. The zero-order valence-corrected chi connectivity index (χ0v) is 9.82. The van der Waals surface area contributed by atoms with E-state index in [9.17, 15) is 5.26 Å². The Balaban J connectivity index is 2.32. The van der Waals surface area contributed by atoms with E-state index in [4.69, 9.17) is 4.74 Å². The molecule has 1 saturated carbocycles. The van der Waals surface area contributed by atoms with Gasteiger partial charge in [-0.3, -0.25) is 5.32 Å². The number of nitrogens with zero attached hydrogens (tertiary/aromatic N) is 3. The zero-order chi connectivity index (χ0) is 11.7. The molecule has 0 aliphatic heterocycles. The SMILES string of the molecule is COc1c(C(C#N)NC2CC2)c(C)nn1C. The number of hydrogen-bond acceptors (Lipinski definition) is 4. The maximum atomic E-state index is 9.20. The molecule has 0 bridgehead atoms. The lowest BCUT2D eigenvalue weighted by Crippen LogP contribution is -2.22. The van der Waals surface area contributed by atoms with Gasteiger partial charge in [-0.15, -0.1) is 0 Å². The number of ether oxygens (including phenoxy) is 1. The van der Waals surface area contributed by atoms with Crippen molar-refractivity contribution in [3.05, 3.63) is 11.3 Å². The summed E-state index contributed by atoms with van der Waals surface area (Å²) in [5, 5.41) is 16.8. The first-order valence-electron chi connectivity index (χ1n) is 5.40. The molecule has 1 heterocycles. The minimum atomic E-state index is -0.323. The van der Waals surface area contributed by atoms with Crippen molar-refractivity contribution in [3.63, 3.8) is 0 Å². The first kappa shape index (κ1) is 11.0. The molecule has 1 unspecified atom stereocenters. The molecule has 1 aliphatic carbocycles. The van der Waals surface area contributed by atoms with Gasteiger partial charge in [0.1, 0.15) is 6.04 Å². The minimum Gasteiger partial charge on any atom is -0.481 e. The molecule has 86 valence electrons. The summed E-state index contributed by atoms with van der Waals surface area (Å²) in [5.41, 5.74) is 1.71. The Bertz CT molecular complexity index is 428. The van der Waals surface area contributed by atoms with Crippen LogP contribution >= 0.6 is 0 Å². The summed E-state index contributed by atoms with van der Waals surface area (Å²) in [4.78, 5) is 0. The highest BCUT2D eigenvalue weighted by atomic mass is 16.5. The molecular weight excluding hydrogens is 204 g/mol. The molecule has 1 aromatic heterocycles. The van der Waals surface area contributed by atoms with E-state index in [0.717, 1.165) is 24.1 Å². The second-order valence-electron chi connectivity index (χ2n) is 4.14. The average Bonchev–Trinajstić information content (AvgIpc) is 3.01. The van der Waals surface area contributed by atoms with Crippen molar-refractivity contribution in [1.82, 2.24) is 15.1 Å². The average molecular weight is 220 g/mol. The normalized spacial score (nSPS) is 16.9. The van der Waals surface area contributed by atoms with Crippen LogP contribution in [0.3, 0.4) is 0 Å². The molecule has 1 aliphatic rings. The van der Waals surface area contributed by atoms with Crippen LogP contribution in [0.25, 0.3) is 0 Å². The van der Waals surface area contributed by atoms with Crippen molar-refractivity contribution in [2.45, 2.75) is 31.8 Å². The molecule has 0 spiro atoms. The smallest absolute Gasteiger partial charge is 0.217 e. The second-order valence-corrected chi connectivity index (χ2v) is 4.14. The molecule has 5 heteroatoms. The van der Waals surface area contributed by atoms with Gasteiger partial charge in [-0.1, -0.05) is 0 Å². The molecule has 0 saturated heterocycles. The van der Waals surface area contributed by atoms with E-state index in [2.05, 4.69) is 16.5 Å². The number of methoxy groups -OCH3 is 1. The van der Waals surface area contributed by atoms with Crippen molar-refractivity contribution >= 4 is 0 Å². The van der Waals surface area contributed by atoms with E-state index in [0.29, 0.717) is 11.9 Å². The molecule has 1 aromatic rings. The molecule has 16 heavy (non-hydrogen) atoms. The van der Waals surface area contributed by atoms with Gasteiger partial charge in [-0.05, 0) is 19.8 Å². The highest BCUT2D eigenvalue weighted by molar-refractivity contribution is 5.37. The second kappa shape index (κ2) is 4.14. The monoisotopic (exact) mass is 220 g/mol. The van der Waals surface area contributed by atoms with Gasteiger partial charge in [0.25, 0.3) is 0 Å². The van der Waals surface area contributed by atoms with Crippen molar-refractivity contribution in [2.24, 2.45) is 7.05 Å². The minimum absolute atomic E-state index is 0.323. The summed E-state index contributed by atoms with van der Waals surface area (Å²) >= 11 is 0. The summed E-state index contributed by atoms with van der Waals surface area (Å²) in [5.74, 6) is 0.664. The van der Waals surface area contributed by atoms with E-state index >= 15 is 0 Å². The third kappa shape index (κ3) is 1.89. The van der Waals surface area contributed by atoms with Crippen LogP contribution in [0.5, 0.6) is 5.88 Å². The highest BCUT2D eigenvalue weighted by Crippen LogP contribution is 2.30. The molecule has 2 rings (SSSR count). The number of aromatic nitrogens is 2. The summed E-state index contributed by atoms with van der Waals surface area (Å²) in [7, 11) is 3.42. The lowest BCUT2D eigenvalue weighted by molar-refractivity contribution is 0.366. The van der Waals surface area contributed by atoms with Crippen LogP contribution in [0, 0.1) is 18.3 Å². The summed E-state index contributed by atoms with van der Waals surface area (Å²) in [6.45, 7) is 1.90. The Kier molecular flexibility index (Phi) is 2.84. The maximum absolute atomic E-state index is 9.20. The fraction of sp³-hybridized carbons (Fsp3) is 0.636. The molecular formula is C11H16N4O. The first-order chi connectivity index (χ1) is 7.67. The largest absolute Gasteiger partial charge is 0.481 e. The summed E-state index contributed by atoms with van der Waals surface area (Å²) in [6, 6.07) is 2.43. The van der Waals surface area contributed by atoms with Crippen LogP contribution in [0.15, 0.2) is 0 Å². The molecule has 0 amide bonds. The van der Waals surface area contributed by atoms with Gasteiger partial charge in [-0.2, -0.15) is 10.4 Å². The Morgan fingerprint density at radius 1 is 1.62 bits per heavy atom. The van der Waals surface area contributed by atoms with E-state index < -0.39 is 0 Å². The van der Waals surface area contributed by atoms with E-state index in [1.807, 2.05) is 14.0 Å². The first-order valence-corrected chi connectivity index (χ1v) is 5.40. The maximum Gasteiger partial charge on any atom is 0.217 e. The molecule has 1 fully saturated rings. The molecule has 1 atom stereocenters. The van der Waals surface area contributed by atoms with Gasteiger partial charge in [0.15, 0.2) is 0 Å². The van der Waals surface area contributed by atoms with Crippen molar-refractivity contribution in [2.75, 3.05) is 7.11 Å². The van der Waals surface area contributed by atoms with Crippen LogP contribution in [0.2, 0.25) is 0 Å². The number of aryl methyl sites for hydroxylation is 2. The summed E-state index contributed by atoms with van der Waals surface area (Å²) in [6.07, 6.45) is 2.31.